The van der Waals surface area contributed by atoms with Crippen molar-refractivity contribution in [3.05, 3.63) is 29.0 Å². The monoisotopic (exact) mass is 241 g/mol. The molecule has 0 saturated carbocycles. The van der Waals surface area contributed by atoms with E-state index in [9.17, 15) is 4.79 Å². The largest absolute Gasteiger partial charge is 0.459 e. The lowest BCUT2D eigenvalue weighted by molar-refractivity contribution is 0.0161. The third-order valence-corrected chi connectivity index (χ3v) is 2.70. The molecule has 2 rings (SSSR count). The Balaban J connectivity index is 1.90. The molecular formula is C11H12ClNO3. The minimum absolute atomic E-state index is 0.0272. The summed E-state index contributed by atoms with van der Waals surface area (Å²) in [5.41, 5.74) is 0.294. The van der Waals surface area contributed by atoms with Crippen molar-refractivity contribution in [1.29, 1.82) is 0 Å². The topological polar surface area (TPSA) is 48.4 Å². The Kier molecular flexibility index (Phi) is 3.74. The number of halogens is 1. The lowest BCUT2D eigenvalue weighted by atomic mass is 10.2. The first kappa shape index (κ1) is 11.4. The third-order valence-electron chi connectivity index (χ3n) is 2.40. The van der Waals surface area contributed by atoms with E-state index in [1.165, 1.54) is 6.20 Å². The number of hydrogen-bond donors (Lipinski definition) is 0. The molecule has 1 unspecified atom stereocenters. The van der Waals surface area contributed by atoms with Crippen LogP contribution in [0.15, 0.2) is 18.3 Å². The second-order valence-corrected chi connectivity index (χ2v) is 3.93. The molecule has 1 aromatic heterocycles. The van der Waals surface area contributed by atoms with E-state index in [-0.39, 0.29) is 17.9 Å². The van der Waals surface area contributed by atoms with Gasteiger partial charge in [0.25, 0.3) is 0 Å². The van der Waals surface area contributed by atoms with Crippen LogP contribution < -0.4 is 0 Å². The molecule has 0 spiro atoms. The van der Waals surface area contributed by atoms with Gasteiger partial charge in [0.2, 0.25) is 0 Å². The Morgan fingerprint density at radius 2 is 2.56 bits per heavy atom. The fraction of sp³-hybridized carbons (Fsp3) is 0.455. The van der Waals surface area contributed by atoms with Gasteiger partial charge in [-0.15, -0.1) is 0 Å². The predicted molar refractivity (Wildman–Crippen MR) is 58.5 cm³/mol. The van der Waals surface area contributed by atoms with Gasteiger partial charge in [0.05, 0.1) is 11.7 Å². The van der Waals surface area contributed by atoms with Crippen LogP contribution in [0.5, 0.6) is 0 Å². The third kappa shape index (κ3) is 2.71. The van der Waals surface area contributed by atoms with E-state index < -0.39 is 5.97 Å². The second kappa shape index (κ2) is 5.27. The predicted octanol–water partition coefficient (Wildman–Crippen LogP) is 2.07. The van der Waals surface area contributed by atoms with Crippen LogP contribution in [0.25, 0.3) is 0 Å². The van der Waals surface area contributed by atoms with Crippen LogP contribution in [-0.2, 0) is 9.47 Å². The Bertz CT molecular complexity index is 377. The zero-order valence-electron chi connectivity index (χ0n) is 8.69. The van der Waals surface area contributed by atoms with Crippen LogP contribution in [0.3, 0.4) is 0 Å². The minimum Gasteiger partial charge on any atom is -0.459 e. The highest BCUT2D eigenvalue weighted by Crippen LogP contribution is 2.15. The standard InChI is InChI=1S/C11H12ClNO3/c12-10-9(4-1-5-13-10)11(14)16-7-8-3-2-6-15-8/h1,4-5,8H,2-3,6-7H2. The van der Waals surface area contributed by atoms with Crippen LogP contribution in [0.2, 0.25) is 5.15 Å². The van der Waals surface area contributed by atoms with E-state index in [4.69, 9.17) is 21.1 Å². The number of nitrogens with zero attached hydrogens (tertiary/aromatic N) is 1. The van der Waals surface area contributed by atoms with Crippen molar-refractivity contribution >= 4 is 17.6 Å². The van der Waals surface area contributed by atoms with E-state index in [1.54, 1.807) is 12.1 Å². The van der Waals surface area contributed by atoms with Crippen molar-refractivity contribution in [3.8, 4) is 0 Å². The van der Waals surface area contributed by atoms with E-state index >= 15 is 0 Å². The summed E-state index contributed by atoms with van der Waals surface area (Å²) >= 11 is 5.77. The van der Waals surface area contributed by atoms with Gasteiger partial charge in [-0.1, -0.05) is 11.6 Å². The molecule has 1 aliphatic heterocycles. The van der Waals surface area contributed by atoms with Crippen molar-refractivity contribution in [1.82, 2.24) is 4.98 Å². The molecule has 0 bridgehead atoms. The number of esters is 1. The van der Waals surface area contributed by atoms with E-state index in [1.807, 2.05) is 0 Å². The summed E-state index contributed by atoms with van der Waals surface area (Å²) in [4.78, 5) is 15.4. The highest BCUT2D eigenvalue weighted by molar-refractivity contribution is 6.32. The second-order valence-electron chi connectivity index (χ2n) is 3.58. The Labute approximate surface area is 98.5 Å². The molecule has 2 heterocycles. The number of hydrogen-bond acceptors (Lipinski definition) is 4. The van der Waals surface area contributed by atoms with Crippen molar-refractivity contribution in [2.75, 3.05) is 13.2 Å². The molecule has 0 aliphatic carbocycles. The summed E-state index contributed by atoms with van der Waals surface area (Å²) < 4.78 is 10.4. The van der Waals surface area contributed by atoms with Crippen LogP contribution in [-0.4, -0.2) is 30.3 Å². The lowest BCUT2D eigenvalue weighted by Crippen LogP contribution is -2.18. The summed E-state index contributed by atoms with van der Waals surface area (Å²) in [7, 11) is 0. The van der Waals surface area contributed by atoms with Gasteiger partial charge in [-0.25, -0.2) is 9.78 Å². The Morgan fingerprint density at radius 3 is 3.25 bits per heavy atom. The normalized spacial score (nSPS) is 19.7. The minimum atomic E-state index is -0.450. The molecule has 1 fully saturated rings. The first-order chi connectivity index (χ1) is 7.77. The molecule has 0 N–H and O–H groups in total. The summed E-state index contributed by atoms with van der Waals surface area (Å²) in [6, 6.07) is 3.24. The average molecular weight is 242 g/mol. The van der Waals surface area contributed by atoms with E-state index in [0.717, 1.165) is 19.4 Å². The van der Waals surface area contributed by atoms with Gasteiger partial charge in [-0.05, 0) is 25.0 Å². The molecule has 5 heteroatoms. The van der Waals surface area contributed by atoms with Gasteiger partial charge < -0.3 is 9.47 Å². The average Bonchev–Trinajstić information content (AvgIpc) is 2.79. The maximum absolute atomic E-state index is 11.6. The Hall–Kier alpha value is -1.13. The quantitative estimate of drug-likeness (QED) is 0.601. The number of carbonyl (C=O) groups excluding carboxylic acids is 1. The molecule has 0 radical (unpaired) electrons. The zero-order valence-corrected chi connectivity index (χ0v) is 9.44. The maximum Gasteiger partial charge on any atom is 0.341 e. The smallest absolute Gasteiger partial charge is 0.341 e. The molecule has 16 heavy (non-hydrogen) atoms. The van der Waals surface area contributed by atoms with Crippen molar-refractivity contribution in [2.24, 2.45) is 0 Å². The van der Waals surface area contributed by atoms with Crippen molar-refractivity contribution in [2.45, 2.75) is 18.9 Å². The molecule has 86 valence electrons. The first-order valence-electron chi connectivity index (χ1n) is 5.16. The molecular weight excluding hydrogens is 230 g/mol. The van der Waals surface area contributed by atoms with Gasteiger partial charge in [0.15, 0.2) is 0 Å². The van der Waals surface area contributed by atoms with Gasteiger partial charge >= 0.3 is 5.97 Å². The van der Waals surface area contributed by atoms with Gasteiger partial charge in [-0.3, -0.25) is 0 Å². The van der Waals surface area contributed by atoms with Gasteiger partial charge in [-0.2, -0.15) is 0 Å². The molecule has 0 aromatic carbocycles. The van der Waals surface area contributed by atoms with Crippen molar-refractivity contribution in [3.63, 3.8) is 0 Å². The summed E-state index contributed by atoms with van der Waals surface area (Å²) in [5.74, 6) is -0.450. The molecule has 1 aromatic rings. The highest BCUT2D eigenvalue weighted by Gasteiger charge is 2.19. The van der Waals surface area contributed by atoms with Crippen LogP contribution in [0.1, 0.15) is 23.2 Å². The SMILES string of the molecule is O=C(OCC1CCCO1)c1cccnc1Cl. The first-order valence-corrected chi connectivity index (χ1v) is 5.54. The molecule has 1 atom stereocenters. The molecule has 0 amide bonds. The van der Waals surface area contributed by atoms with E-state index in [0.29, 0.717) is 5.56 Å². The number of carbonyl (C=O) groups is 1. The fourth-order valence-corrected chi connectivity index (χ4v) is 1.76. The number of aromatic nitrogens is 1. The van der Waals surface area contributed by atoms with Crippen LogP contribution >= 0.6 is 11.6 Å². The molecule has 4 nitrogen and oxygen atoms in total. The summed E-state index contributed by atoms with van der Waals surface area (Å²) in [6.07, 6.45) is 3.52. The Morgan fingerprint density at radius 1 is 1.69 bits per heavy atom. The molecule has 1 aliphatic rings. The van der Waals surface area contributed by atoms with E-state index in [2.05, 4.69) is 4.98 Å². The summed E-state index contributed by atoms with van der Waals surface area (Å²) in [5, 5.41) is 0.167. The number of rotatable bonds is 3. The molecule has 1 saturated heterocycles. The van der Waals surface area contributed by atoms with Gasteiger partial charge in [0.1, 0.15) is 11.8 Å². The van der Waals surface area contributed by atoms with Crippen LogP contribution in [0, 0.1) is 0 Å². The highest BCUT2D eigenvalue weighted by atomic mass is 35.5. The lowest BCUT2D eigenvalue weighted by Gasteiger charge is -2.10. The number of pyridine rings is 1. The number of ether oxygens (including phenoxy) is 2. The zero-order chi connectivity index (χ0) is 11.4. The fourth-order valence-electron chi connectivity index (χ4n) is 1.56. The van der Waals surface area contributed by atoms with Crippen molar-refractivity contribution < 1.29 is 14.3 Å². The van der Waals surface area contributed by atoms with Gasteiger partial charge in [0, 0.05) is 12.8 Å². The van der Waals surface area contributed by atoms with Crippen LogP contribution in [0.4, 0.5) is 0 Å². The maximum atomic E-state index is 11.6. The summed E-state index contributed by atoms with van der Waals surface area (Å²) in [6.45, 7) is 1.03.